The number of ether oxygens (including phenoxy) is 1. The molecule has 1 aromatic heterocycles. The zero-order chi connectivity index (χ0) is 15.9. The number of carbonyl (C=O) groups is 1. The third-order valence-corrected chi connectivity index (χ3v) is 3.24. The van der Waals surface area contributed by atoms with Gasteiger partial charge in [-0.3, -0.25) is 0 Å². The third-order valence-electron chi connectivity index (χ3n) is 2.95. The van der Waals surface area contributed by atoms with E-state index in [-0.39, 0.29) is 5.97 Å². The number of hydrogen-bond acceptors (Lipinski definition) is 6. The van der Waals surface area contributed by atoms with Crippen LogP contribution in [0.25, 0.3) is 0 Å². The Hall–Kier alpha value is -2.34. The Morgan fingerprint density at radius 3 is 2.91 bits per heavy atom. The van der Waals surface area contributed by atoms with E-state index < -0.39 is 0 Å². The molecule has 0 fully saturated rings. The molecule has 0 spiro atoms. The van der Waals surface area contributed by atoms with Gasteiger partial charge in [-0.1, -0.05) is 23.7 Å². The van der Waals surface area contributed by atoms with E-state index in [1.807, 2.05) is 12.1 Å². The van der Waals surface area contributed by atoms with Gasteiger partial charge in [-0.05, 0) is 24.6 Å². The van der Waals surface area contributed by atoms with Gasteiger partial charge in [-0.25, -0.2) is 14.8 Å². The quantitative estimate of drug-likeness (QED) is 0.629. The van der Waals surface area contributed by atoms with Crippen LogP contribution in [-0.4, -0.2) is 29.6 Å². The van der Waals surface area contributed by atoms with Crippen LogP contribution in [0.2, 0.25) is 5.15 Å². The molecule has 0 saturated carbocycles. The summed E-state index contributed by atoms with van der Waals surface area (Å²) in [6.07, 6.45) is 1.39. The molecule has 2 rings (SSSR count). The van der Waals surface area contributed by atoms with Gasteiger partial charge in [0.1, 0.15) is 12.0 Å². The second-order valence-electron chi connectivity index (χ2n) is 4.41. The summed E-state index contributed by atoms with van der Waals surface area (Å²) in [7, 11) is 1.75. The first-order chi connectivity index (χ1) is 10.7. The highest BCUT2D eigenvalue weighted by Crippen LogP contribution is 2.25. The molecule has 2 N–H and O–H groups in total. The van der Waals surface area contributed by atoms with E-state index >= 15 is 0 Å². The number of carbonyl (C=O) groups excluding carboxylic acids is 1. The number of hydrogen-bond donors (Lipinski definition) is 2. The Kier molecular flexibility index (Phi) is 5.55. The number of nitrogens with one attached hydrogen (secondary N) is 2. The molecule has 2 aromatic rings. The van der Waals surface area contributed by atoms with Gasteiger partial charge in [0, 0.05) is 13.6 Å². The van der Waals surface area contributed by atoms with Gasteiger partial charge in [0.2, 0.25) is 0 Å². The molecule has 0 saturated heterocycles. The SMILES string of the molecule is CCOC(=O)c1cccc(CNc2ncnc(Cl)c2NC)c1. The number of rotatable bonds is 6. The highest BCUT2D eigenvalue weighted by molar-refractivity contribution is 6.32. The molecule has 116 valence electrons. The summed E-state index contributed by atoms with van der Waals surface area (Å²) in [5.41, 5.74) is 2.09. The van der Waals surface area contributed by atoms with E-state index in [1.54, 1.807) is 26.1 Å². The molecular formula is C15H17ClN4O2. The second kappa shape index (κ2) is 7.61. The first kappa shape index (κ1) is 16.0. The molecule has 0 aliphatic heterocycles. The maximum Gasteiger partial charge on any atom is 0.338 e. The van der Waals surface area contributed by atoms with Crippen molar-refractivity contribution in [1.82, 2.24) is 9.97 Å². The number of halogens is 1. The van der Waals surface area contributed by atoms with Crippen LogP contribution in [0.1, 0.15) is 22.8 Å². The highest BCUT2D eigenvalue weighted by Gasteiger charge is 2.09. The lowest BCUT2D eigenvalue weighted by Crippen LogP contribution is -2.08. The van der Waals surface area contributed by atoms with Crippen LogP contribution in [0.5, 0.6) is 0 Å². The van der Waals surface area contributed by atoms with E-state index in [1.165, 1.54) is 6.33 Å². The lowest BCUT2D eigenvalue weighted by Gasteiger charge is -2.11. The standard InChI is InChI=1S/C15H17ClN4O2/c1-3-22-15(21)11-6-4-5-10(7-11)8-18-14-12(17-2)13(16)19-9-20-14/h4-7,9,17H,3,8H2,1-2H3,(H,18,19,20). The zero-order valence-corrected chi connectivity index (χ0v) is 13.1. The van der Waals surface area contributed by atoms with Crippen molar-refractivity contribution in [1.29, 1.82) is 0 Å². The number of nitrogens with zero attached hydrogens (tertiary/aromatic N) is 2. The van der Waals surface area contributed by atoms with Crippen molar-refractivity contribution in [3.63, 3.8) is 0 Å². The molecule has 0 radical (unpaired) electrons. The minimum atomic E-state index is -0.328. The summed E-state index contributed by atoms with van der Waals surface area (Å²) in [4.78, 5) is 19.8. The van der Waals surface area contributed by atoms with Crippen LogP contribution in [0.15, 0.2) is 30.6 Å². The minimum Gasteiger partial charge on any atom is -0.462 e. The molecule has 0 amide bonds. The normalized spacial score (nSPS) is 10.1. The Bertz CT molecular complexity index is 664. The predicted molar refractivity (Wildman–Crippen MR) is 86.3 cm³/mol. The van der Waals surface area contributed by atoms with Gasteiger partial charge in [-0.2, -0.15) is 0 Å². The van der Waals surface area contributed by atoms with Gasteiger partial charge in [0.25, 0.3) is 0 Å². The number of benzene rings is 1. The molecule has 6 nitrogen and oxygen atoms in total. The van der Waals surface area contributed by atoms with Crippen molar-refractivity contribution < 1.29 is 9.53 Å². The van der Waals surface area contributed by atoms with Crippen molar-refractivity contribution in [2.75, 3.05) is 24.3 Å². The van der Waals surface area contributed by atoms with Crippen LogP contribution in [0.3, 0.4) is 0 Å². The van der Waals surface area contributed by atoms with Gasteiger partial charge in [0.05, 0.1) is 12.2 Å². The minimum absolute atomic E-state index is 0.328. The van der Waals surface area contributed by atoms with Gasteiger partial charge < -0.3 is 15.4 Å². The van der Waals surface area contributed by atoms with Crippen LogP contribution in [0.4, 0.5) is 11.5 Å². The zero-order valence-electron chi connectivity index (χ0n) is 12.4. The van der Waals surface area contributed by atoms with Gasteiger partial charge in [-0.15, -0.1) is 0 Å². The Morgan fingerprint density at radius 2 is 2.18 bits per heavy atom. The average Bonchev–Trinajstić information content (AvgIpc) is 2.53. The maximum atomic E-state index is 11.7. The van der Waals surface area contributed by atoms with Crippen LogP contribution >= 0.6 is 11.6 Å². The van der Waals surface area contributed by atoms with E-state index in [0.29, 0.717) is 35.4 Å². The van der Waals surface area contributed by atoms with E-state index in [9.17, 15) is 4.79 Å². The fourth-order valence-electron chi connectivity index (χ4n) is 1.93. The first-order valence-electron chi connectivity index (χ1n) is 6.84. The Balaban J connectivity index is 2.11. The maximum absolute atomic E-state index is 11.7. The topological polar surface area (TPSA) is 76.1 Å². The fraction of sp³-hybridized carbons (Fsp3) is 0.267. The van der Waals surface area contributed by atoms with Crippen molar-refractivity contribution in [3.05, 3.63) is 46.9 Å². The molecule has 22 heavy (non-hydrogen) atoms. The summed E-state index contributed by atoms with van der Waals surface area (Å²) in [5.74, 6) is 0.273. The Labute approximate surface area is 133 Å². The highest BCUT2D eigenvalue weighted by atomic mass is 35.5. The largest absolute Gasteiger partial charge is 0.462 e. The third kappa shape index (κ3) is 3.85. The lowest BCUT2D eigenvalue weighted by molar-refractivity contribution is 0.0526. The van der Waals surface area contributed by atoms with Gasteiger partial charge >= 0.3 is 5.97 Å². The number of aromatic nitrogens is 2. The number of anilines is 2. The van der Waals surface area contributed by atoms with E-state index in [4.69, 9.17) is 16.3 Å². The molecule has 0 aliphatic rings. The monoisotopic (exact) mass is 320 g/mol. The predicted octanol–water partition coefficient (Wildman–Crippen LogP) is 2.96. The molecular weight excluding hydrogens is 304 g/mol. The lowest BCUT2D eigenvalue weighted by atomic mass is 10.1. The fourth-order valence-corrected chi connectivity index (χ4v) is 2.16. The molecule has 0 atom stereocenters. The molecule has 0 unspecified atom stereocenters. The summed E-state index contributed by atoms with van der Waals surface area (Å²) >= 11 is 6.00. The van der Waals surface area contributed by atoms with Crippen molar-refractivity contribution in [2.45, 2.75) is 13.5 Å². The molecule has 1 heterocycles. The first-order valence-corrected chi connectivity index (χ1v) is 7.21. The van der Waals surface area contributed by atoms with Crippen LogP contribution in [0, 0.1) is 0 Å². The van der Waals surface area contributed by atoms with Crippen molar-refractivity contribution in [2.24, 2.45) is 0 Å². The molecule has 1 aromatic carbocycles. The number of esters is 1. The van der Waals surface area contributed by atoms with Crippen molar-refractivity contribution in [3.8, 4) is 0 Å². The molecule has 7 heteroatoms. The summed E-state index contributed by atoms with van der Waals surface area (Å²) in [5, 5.41) is 6.47. The van der Waals surface area contributed by atoms with Crippen LogP contribution in [-0.2, 0) is 11.3 Å². The second-order valence-corrected chi connectivity index (χ2v) is 4.77. The Morgan fingerprint density at radius 1 is 1.36 bits per heavy atom. The average molecular weight is 321 g/mol. The summed E-state index contributed by atoms with van der Waals surface area (Å²) in [6.45, 7) is 2.63. The van der Waals surface area contributed by atoms with Crippen molar-refractivity contribution >= 4 is 29.1 Å². The van der Waals surface area contributed by atoms with E-state index in [0.717, 1.165) is 5.56 Å². The summed E-state index contributed by atoms with van der Waals surface area (Å²) < 4.78 is 4.99. The van der Waals surface area contributed by atoms with Gasteiger partial charge in [0.15, 0.2) is 11.0 Å². The van der Waals surface area contributed by atoms with E-state index in [2.05, 4.69) is 20.6 Å². The molecule has 0 bridgehead atoms. The summed E-state index contributed by atoms with van der Waals surface area (Å²) in [6, 6.07) is 7.24. The molecule has 0 aliphatic carbocycles. The van der Waals surface area contributed by atoms with Crippen LogP contribution < -0.4 is 10.6 Å². The smallest absolute Gasteiger partial charge is 0.338 e.